The molecule has 2 saturated carbocycles. The molecule has 2 aromatic heterocycles. The van der Waals surface area contributed by atoms with Crippen molar-refractivity contribution >= 4 is 28.3 Å². The number of nitrogens with one attached hydrogen (secondary N) is 1. The molecule has 10 heteroatoms. The van der Waals surface area contributed by atoms with E-state index in [2.05, 4.69) is 20.5 Å². The molecule has 0 bridgehead atoms. The molecule has 0 saturated heterocycles. The SMILES string of the molecule is O=C(Nc1nnc(COC2CCCC2)s1)c1ccc(OC2CCC(C(=O)O)CC2)nc1. The van der Waals surface area contributed by atoms with E-state index in [9.17, 15) is 9.59 Å². The van der Waals surface area contributed by atoms with E-state index in [1.807, 2.05) is 0 Å². The Labute approximate surface area is 184 Å². The summed E-state index contributed by atoms with van der Waals surface area (Å²) in [5.41, 5.74) is 0.390. The number of carboxylic acid groups (broad SMARTS) is 1. The number of aliphatic carboxylic acids is 1. The van der Waals surface area contributed by atoms with Crippen molar-refractivity contribution in [3.63, 3.8) is 0 Å². The number of hydrogen-bond acceptors (Lipinski definition) is 8. The van der Waals surface area contributed by atoms with Gasteiger partial charge in [-0.2, -0.15) is 0 Å². The molecule has 2 aliphatic carbocycles. The average molecular weight is 447 g/mol. The van der Waals surface area contributed by atoms with Crippen LogP contribution in [-0.4, -0.2) is 44.4 Å². The summed E-state index contributed by atoms with van der Waals surface area (Å²) in [4.78, 5) is 27.7. The summed E-state index contributed by atoms with van der Waals surface area (Å²) in [7, 11) is 0. The third kappa shape index (κ3) is 5.98. The molecular weight excluding hydrogens is 420 g/mol. The van der Waals surface area contributed by atoms with Crippen molar-refractivity contribution in [2.45, 2.75) is 70.2 Å². The predicted molar refractivity (Wildman–Crippen MR) is 113 cm³/mol. The van der Waals surface area contributed by atoms with Crippen LogP contribution in [0.1, 0.15) is 66.7 Å². The van der Waals surface area contributed by atoms with E-state index in [1.54, 1.807) is 12.1 Å². The highest BCUT2D eigenvalue weighted by molar-refractivity contribution is 7.15. The van der Waals surface area contributed by atoms with Crippen LogP contribution in [0.5, 0.6) is 5.88 Å². The van der Waals surface area contributed by atoms with E-state index in [-0.39, 0.29) is 17.9 Å². The normalized spacial score (nSPS) is 21.7. The van der Waals surface area contributed by atoms with Crippen LogP contribution in [-0.2, 0) is 16.1 Å². The molecule has 0 atom stereocenters. The minimum atomic E-state index is -0.740. The highest BCUT2D eigenvalue weighted by Gasteiger charge is 2.27. The topological polar surface area (TPSA) is 124 Å². The summed E-state index contributed by atoms with van der Waals surface area (Å²) in [6.45, 7) is 0.417. The van der Waals surface area contributed by atoms with Crippen LogP contribution in [0.2, 0.25) is 0 Å². The summed E-state index contributed by atoms with van der Waals surface area (Å²) in [6.07, 6.45) is 8.92. The largest absolute Gasteiger partial charge is 0.481 e. The Kier molecular flexibility index (Phi) is 7.08. The number of ether oxygens (including phenoxy) is 2. The van der Waals surface area contributed by atoms with Crippen molar-refractivity contribution in [2.75, 3.05) is 5.32 Å². The van der Waals surface area contributed by atoms with Crippen molar-refractivity contribution < 1.29 is 24.2 Å². The van der Waals surface area contributed by atoms with E-state index in [0.717, 1.165) is 17.8 Å². The summed E-state index contributed by atoms with van der Waals surface area (Å²) in [5, 5.41) is 21.1. The second-order valence-corrected chi connectivity index (χ2v) is 9.05. The predicted octanol–water partition coefficient (Wildman–Crippen LogP) is 3.67. The first-order chi connectivity index (χ1) is 15.1. The van der Waals surface area contributed by atoms with Crippen LogP contribution < -0.4 is 10.1 Å². The van der Waals surface area contributed by atoms with Gasteiger partial charge in [-0.1, -0.05) is 24.2 Å². The molecule has 0 radical (unpaired) electrons. The molecule has 2 aliphatic rings. The van der Waals surface area contributed by atoms with E-state index >= 15 is 0 Å². The molecule has 0 aromatic carbocycles. The maximum Gasteiger partial charge on any atom is 0.306 e. The number of carbonyl (C=O) groups excluding carboxylic acids is 1. The van der Waals surface area contributed by atoms with Crippen LogP contribution in [0.15, 0.2) is 18.3 Å². The zero-order chi connectivity index (χ0) is 21.6. The average Bonchev–Trinajstić information content (AvgIpc) is 3.45. The van der Waals surface area contributed by atoms with Crippen LogP contribution in [0, 0.1) is 5.92 Å². The smallest absolute Gasteiger partial charge is 0.306 e. The van der Waals surface area contributed by atoms with Crippen molar-refractivity contribution in [2.24, 2.45) is 5.92 Å². The number of carbonyl (C=O) groups is 2. The molecule has 2 N–H and O–H groups in total. The van der Waals surface area contributed by atoms with Gasteiger partial charge in [0.1, 0.15) is 17.7 Å². The maximum absolute atomic E-state index is 12.5. The summed E-state index contributed by atoms with van der Waals surface area (Å²) in [6, 6.07) is 3.30. The van der Waals surface area contributed by atoms with Gasteiger partial charge < -0.3 is 14.6 Å². The first kappa shape index (κ1) is 21.6. The Morgan fingerprint density at radius 3 is 2.52 bits per heavy atom. The standard InChI is InChI=1S/C21H26N4O5S/c26-19(23-21-25-24-18(31-21)12-29-15-3-1-2-4-15)14-7-10-17(22-11-14)30-16-8-5-13(6-9-16)20(27)28/h7,10-11,13,15-16H,1-6,8-9,12H2,(H,27,28)(H,23,25,26). The molecule has 166 valence electrons. The number of anilines is 1. The summed E-state index contributed by atoms with van der Waals surface area (Å²) >= 11 is 1.30. The molecule has 2 aromatic rings. The zero-order valence-corrected chi connectivity index (χ0v) is 18.0. The van der Waals surface area contributed by atoms with E-state index in [1.165, 1.54) is 30.4 Å². The molecule has 31 heavy (non-hydrogen) atoms. The molecule has 0 aliphatic heterocycles. The van der Waals surface area contributed by atoms with E-state index < -0.39 is 5.97 Å². The number of hydrogen-bond donors (Lipinski definition) is 2. The van der Waals surface area contributed by atoms with Gasteiger partial charge >= 0.3 is 5.97 Å². The minimum absolute atomic E-state index is 0.0472. The van der Waals surface area contributed by atoms with Gasteiger partial charge in [-0.3, -0.25) is 14.9 Å². The van der Waals surface area contributed by atoms with Gasteiger partial charge in [0.2, 0.25) is 11.0 Å². The zero-order valence-electron chi connectivity index (χ0n) is 17.2. The third-order valence-corrected chi connectivity index (χ3v) is 6.55. The Morgan fingerprint density at radius 2 is 1.84 bits per heavy atom. The molecule has 4 rings (SSSR count). The number of aromatic nitrogens is 3. The fraction of sp³-hybridized carbons (Fsp3) is 0.571. The Bertz CT molecular complexity index is 889. The molecule has 0 unspecified atom stereocenters. The van der Waals surface area contributed by atoms with Gasteiger partial charge in [0, 0.05) is 12.3 Å². The number of nitrogens with zero attached hydrogens (tertiary/aromatic N) is 3. The second kappa shape index (κ2) is 10.1. The van der Waals surface area contributed by atoms with Gasteiger partial charge in [0.25, 0.3) is 5.91 Å². The number of carboxylic acids is 1. The third-order valence-electron chi connectivity index (χ3n) is 5.74. The van der Waals surface area contributed by atoms with Crippen molar-refractivity contribution in [3.05, 3.63) is 28.9 Å². The lowest BCUT2D eigenvalue weighted by atomic mass is 9.87. The van der Waals surface area contributed by atoms with Crippen LogP contribution in [0.25, 0.3) is 0 Å². The Balaban J connectivity index is 1.24. The monoisotopic (exact) mass is 446 g/mol. The first-order valence-corrected chi connectivity index (χ1v) is 11.5. The summed E-state index contributed by atoms with van der Waals surface area (Å²) < 4.78 is 11.7. The van der Waals surface area contributed by atoms with Crippen molar-refractivity contribution in [1.29, 1.82) is 0 Å². The lowest BCUT2D eigenvalue weighted by Crippen LogP contribution is -2.28. The highest BCUT2D eigenvalue weighted by Crippen LogP contribution is 2.27. The second-order valence-electron chi connectivity index (χ2n) is 7.99. The van der Waals surface area contributed by atoms with Crippen LogP contribution >= 0.6 is 11.3 Å². The van der Waals surface area contributed by atoms with E-state index in [4.69, 9.17) is 14.6 Å². The van der Waals surface area contributed by atoms with Crippen molar-refractivity contribution in [3.8, 4) is 5.88 Å². The quantitative estimate of drug-likeness (QED) is 0.630. The van der Waals surface area contributed by atoms with Gasteiger partial charge in [0.15, 0.2) is 0 Å². The molecule has 2 heterocycles. The lowest BCUT2D eigenvalue weighted by molar-refractivity contribution is -0.143. The minimum Gasteiger partial charge on any atom is -0.481 e. The van der Waals surface area contributed by atoms with Gasteiger partial charge in [-0.15, -0.1) is 10.2 Å². The molecule has 2 fully saturated rings. The van der Waals surface area contributed by atoms with Gasteiger partial charge in [-0.05, 0) is 44.6 Å². The van der Waals surface area contributed by atoms with Gasteiger partial charge in [-0.25, -0.2) is 4.98 Å². The van der Waals surface area contributed by atoms with Crippen molar-refractivity contribution in [1.82, 2.24) is 15.2 Å². The highest BCUT2D eigenvalue weighted by atomic mass is 32.1. The number of amides is 1. The lowest BCUT2D eigenvalue weighted by Gasteiger charge is -2.26. The molecule has 0 spiro atoms. The van der Waals surface area contributed by atoms with E-state index in [0.29, 0.717) is 55.0 Å². The molecule has 1 amide bonds. The molecular formula is C21H26N4O5S. The number of rotatable bonds is 8. The van der Waals surface area contributed by atoms with Crippen LogP contribution in [0.4, 0.5) is 5.13 Å². The Hall–Kier alpha value is -2.59. The first-order valence-electron chi connectivity index (χ1n) is 10.7. The number of pyridine rings is 1. The summed E-state index contributed by atoms with van der Waals surface area (Å²) in [5.74, 6) is -0.914. The Morgan fingerprint density at radius 1 is 1.06 bits per heavy atom. The fourth-order valence-electron chi connectivity index (χ4n) is 3.96. The van der Waals surface area contributed by atoms with Crippen LogP contribution in [0.3, 0.4) is 0 Å². The molecule has 9 nitrogen and oxygen atoms in total. The van der Waals surface area contributed by atoms with Gasteiger partial charge in [0.05, 0.1) is 17.6 Å². The maximum atomic E-state index is 12.5. The fourth-order valence-corrected chi connectivity index (χ4v) is 4.62.